The Morgan fingerprint density at radius 1 is 1.29 bits per heavy atom. The van der Waals surface area contributed by atoms with Crippen molar-refractivity contribution < 1.29 is 13.6 Å². The summed E-state index contributed by atoms with van der Waals surface area (Å²) < 4.78 is 26.1. The van der Waals surface area contributed by atoms with E-state index in [2.05, 4.69) is 37.1 Å². The van der Waals surface area contributed by atoms with E-state index in [4.69, 9.17) is 0 Å². The minimum absolute atomic E-state index is 0.0396. The summed E-state index contributed by atoms with van der Waals surface area (Å²) in [7, 11) is 0. The van der Waals surface area contributed by atoms with Crippen LogP contribution in [0.1, 0.15) is 66.7 Å². The number of pyridine rings is 1. The van der Waals surface area contributed by atoms with Crippen LogP contribution in [0.5, 0.6) is 0 Å². The maximum absolute atomic E-state index is 13.1. The van der Waals surface area contributed by atoms with Gasteiger partial charge in [-0.25, -0.2) is 8.78 Å². The molecule has 1 aromatic heterocycles. The van der Waals surface area contributed by atoms with Crippen LogP contribution in [0.25, 0.3) is 0 Å². The molecule has 3 rings (SSSR count). The second-order valence-electron chi connectivity index (χ2n) is 6.95. The predicted molar refractivity (Wildman–Crippen MR) is 89.6 cm³/mol. The normalized spacial score (nSPS) is 18.5. The molecule has 1 amide bonds. The van der Waals surface area contributed by atoms with E-state index in [0.717, 1.165) is 12.0 Å². The summed E-state index contributed by atoms with van der Waals surface area (Å²) in [5.74, 6) is -0.251. The fraction of sp³-hybridized carbons (Fsp3) is 0.368. The van der Waals surface area contributed by atoms with Gasteiger partial charge in [-0.15, -0.1) is 0 Å². The first-order valence-corrected chi connectivity index (χ1v) is 7.99. The van der Waals surface area contributed by atoms with E-state index in [1.165, 1.54) is 23.9 Å². The quantitative estimate of drug-likeness (QED) is 0.855. The molecule has 24 heavy (non-hydrogen) atoms. The van der Waals surface area contributed by atoms with Gasteiger partial charge in [0.2, 0.25) is 0 Å². The highest BCUT2D eigenvalue weighted by atomic mass is 19.3. The summed E-state index contributed by atoms with van der Waals surface area (Å²) in [5.41, 5.74) is 2.45. The molecule has 1 N–H and O–H groups in total. The molecule has 0 saturated carbocycles. The van der Waals surface area contributed by atoms with Gasteiger partial charge in [-0.05, 0) is 47.1 Å². The fourth-order valence-corrected chi connectivity index (χ4v) is 3.75. The molecule has 3 nitrogen and oxygen atoms in total. The van der Waals surface area contributed by atoms with Gasteiger partial charge in [-0.3, -0.25) is 9.78 Å². The number of halogens is 2. The van der Waals surface area contributed by atoms with Gasteiger partial charge in [0, 0.05) is 11.9 Å². The molecule has 0 fully saturated rings. The molecule has 5 heteroatoms. The molecule has 126 valence electrons. The molecule has 2 aromatic rings. The van der Waals surface area contributed by atoms with Crippen molar-refractivity contribution in [2.75, 3.05) is 5.32 Å². The lowest BCUT2D eigenvalue weighted by atomic mass is 9.86. The van der Waals surface area contributed by atoms with E-state index in [9.17, 15) is 13.6 Å². The predicted octanol–water partition coefficient (Wildman–Crippen LogP) is 5.06. The highest BCUT2D eigenvalue weighted by Crippen LogP contribution is 2.48. The van der Waals surface area contributed by atoms with E-state index in [1.54, 1.807) is 0 Å². The molecular formula is C19H20F2N2O. The Bertz CT molecular complexity index is 787. The third-order valence-electron chi connectivity index (χ3n) is 4.68. The van der Waals surface area contributed by atoms with Gasteiger partial charge >= 0.3 is 0 Å². The van der Waals surface area contributed by atoms with E-state index in [-0.39, 0.29) is 11.0 Å². The molecule has 1 atom stereocenters. The Morgan fingerprint density at radius 3 is 2.75 bits per heavy atom. The Balaban J connectivity index is 1.97. The number of carbonyl (C=O) groups excluding carboxylic acids is 1. The van der Waals surface area contributed by atoms with Crippen LogP contribution in [0.3, 0.4) is 0 Å². The van der Waals surface area contributed by atoms with Gasteiger partial charge in [-0.2, -0.15) is 0 Å². The second kappa shape index (κ2) is 5.96. The Morgan fingerprint density at radius 2 is 2.04 bits per heavy atom. The minimum atomic E-state index is -2.79. The number of hydrogen-bond acceptors (Lipinski definition) is 2. The van der Waals surface area contributed by atoms with Crippen molar-refractivity contribution in [3.05, 3.63) is 58.9 Å². The second-order valence-corrected chi connectivity index (χ2v) is 6.95. The van der Waals surface area contributed by atoms with Gasteiger partial charge in [0.05, 0.1) is 5.56 Å². The van der Waals surface area contributed by atoms with Crippen LogP contribution in [0.15, 0.2) is 36.5 Å². The summed E-state index contributed by atoms with van der Waals surface area (Å²) in [6.45, 7) is 6.48. The molecule has 1 heterocycles. The zero-order valence-corrected chi connectivity index (χ0v) is 13.9. The zero-order valence-electron chi connectivity index (χ0n) is 13.9. The number of nitrogens with zero attached hydrogens (tertiary/aromatic N) is 1. The first-order valence-electron chi connectivity index (χ1n) is 7.99. The number of amides is 1. The van der Waals surface area contributed by atoms with E-state index in [0.29, 0.717) is 11.6 Å². The Kier molecular flexibility index (Phi) is 4.11. The molecular weight excluding hydrogens is 310 g/mol. The fourth-order valence-electron chi connectivity index (χ4n) is 3.75. The van der Waals surface area contributed by atoms with Crippen LogP contribution in [-0.2, 0) is 5.41 Å². The summed E-state index contributed by atoms with van der Waals surface area (Å²) in [4.78, 5) is 16.2. The third-order valence-corrected chi connectivity index (χ3v) is 4.68. The molecule has 0 bridgehead atoms. The number of carbonyl (C=O) groups is 1. The minimum Gasteiger partial charge on any atom is -0.322 e. The summed E-state index contributed by atoms with van der Waals surface area (Å²) >= 11 is 0. The maximum Gasteiger partial charge on any atom is 0.281 e. The number of aromatic nitrogens is 1. The van der Waals surface area contributed by atoms with Crippen molar-refractivity contribution in [2.45, 2.75) is 45.0 Å². The van der Waals surface area contributed by atoms with Crippen LogP contribution in [0.2, 0.25) is 0 Å². The lowest BCUT2D eigenvalue weighted by Gasteiger charge is -2.19. The van der Waals surface area contributed by atoms with Gasteiger partial charge in [0.25, 0.3) is 12.3 Å². The lowest BCUT2D eigenvalue weighted by Crippen LogP contribution is -2.17. The van der Waals surface area contributed by atoms with Crippen LogP contribution >= 0.6 is 0 Å². The summed E-state index contributed by atoms with van der Waals surface area (Å²) in [5, 5.41) is 2.81. The maximum atomic E-state index is 13.1. The molecule has 0 saturated heterocycles. The number of alkyl halides is 2. The SMILES string of the molecule is C[C@H]1CC(C)(C)c2cccc(NC(=O)c3cccnc3C(F)F)c21. The highest BCUT2D eigenvalue weighted by Gasteiger charge is 2.36. The Hall–Kier alpha value is -2.30. The first kappa shape index (κ1) is 16.6. The number of fused-ring (bicyclic) bond motifs is 1. The van der Waals surface area contributed by atoms with Gasteiger partial charge in [0.1, 0.15) is 5.69 Å². The van der Waals surface area contributed by atoms with Crippen LogP contribution in [-0.4, -0.2) is 10.9 Å². The monoisotopic (exact) mass is 330 g/mol. The van der Waals surface area contributed by atoms with Gasteiger partial charge in [0.15, 0.2) is 0 Å². The van der Waals surface area contributed by atoms with Crippen molar-refractivity contribution >= 4 is 11.6 Å². The van der Waals surface area contributed by atoms with Crippen LogP contribution < -0.4 is 5.32 Å². The van der Waals surface area contributed by atoms with Crippen LogP contribution in [0, 0.1) is 0 Å². The molecule has 1 aliphatic carbocycles. The summed E-state index contributed by atoms with van der Waals surface area (Å²) in [6, 6.07) is 8.66. The van der Waals surface area contributed by atoms with Crippen LogP contribution in [0.4, 0.5) is 14.5 Å². The molecule has 0 unspecified atom stereocenters. The molecule has 0 aliphatic heterocycles. The zero-order chi connectivity index (χ0) is 17.5. The van der Waals surface area contributed by atoms with E-state index in [1.807, 2.05) is 12.1 Å². The van der Waals surface area contributed by atoms with Crippen molar-refractivity contribution in [1.82, 2.24) is 4.98 Å². The summed E-state index contributed by atoms with van der Waals surface area (Å²) in [6.07, 6.45) is -0.528. The number of hydrogen-bond donors (Lipinski definition) is 1. The molecule has 1 aliphatic rings. The topological polar surface area (TPSA) is 42.0 Å². The van der Waals surface area contributed by atoms with Gasteiger partial charge in [-0.1, -0.05) is 32.9 Å². The molecule has 0 spiro atoms. The average molecular weight is 330 g/mol. The van der Waals surface area contributed by atoms with Crippen molar-refractivity contribution in [2.24, 2.45) is 0 Å². The van der Waals surface area contributed by atoms with Crippen molar-refractivity contribution in [3.8, 4) is 0 Å². The van der Waals surface area contributed by atoms with E-state index >= 15 is 0 Å². The highest BCUT2D eigenvalue weighted by molar-refractivity contribution is 6.05. The number of anilines is 1. The largest absolute Gasteiger partial charge is 0.322 e. The smallest absolute Gasteiger partial charge is 0.281 e. The molecule has 1 aromatic carbocycles. The average Bonchev–Trinajstić information content (AvgIpc) is 2.77. The number of benzene rings is 1. The first-order chi connectivity index (χ1) is 11.3. The van der Waals surface area contributed by atoms with Crippen molar-refractivity contribution in [1.29, 1.82) is 0 Å². The van der Waals surface area contributed by atoms with E-state index < -0.39 is 18.0 Å². The van der Waals surface area contributed by atoms with Crippen molar-refractivity contribution in [3.63, 3.8) is 0 Å². The Labute approximate surface area is 140 Å². The van der Waals surface area contributed by atoms with Gasteiger partial charge < -0.3 is 5.32 Å². The standard InChI is InChI=1S/C19H20F2N2O/c1-11-10-19(2,3)13-7-4-8-14(15(11)13)23-18(24)12-6-5-9-22-16(12)17(20)21/h4-9,11,17H,10H2,1-3H3,(H,23,24)/t11-/m0/s1. The lowest BCUT2D eigenvalue weighted by molar-refractivity contribution is 0.100. The third kappa shape index (κ3) is 2.79. The number of nitrogens with one attached hydrogen (secondary N) is 1. The molecule has 0 radical (unpaired) electrons. The number of rotatable bonds is 3.